The van der Waals surface area contributed by atoms with Crippen LogP contribution in [0.4, 0.5) is 24.8 Å². The molecule has 0 saturated heterocycles. The largest absolute Gasteiger partial charge is 0.404 e. The summed E-state index contributed by atoms with van der Waals surface area (Å²) in [5.74, 6) is 0.817. The maximum absolute atomic E-state index is 15.3. The highest BCUT2D eigenvalue weighted by molar-refractivity contribution is 6.29. The molecule has 5 aromatic rings. The third-order valence-corrected chi connectivity index (χ3v) is 6.58. The molecule has 14 heteroatoms. The second-order valence-electron chi connectivity index (χ2n) is 8.77. The van der Waals surface area contributed by atoms with Gasteiger partial charge in [-0.25, -0.2) is 14.1 Å². The Morgan fingerprint density at radius 2 is 2.05 bits per heavy atom. The van der Waals surface area contributed by atoms with Gasteiger partial charge in [0.05, 0.1) is 17.9 Å². The summed E-state index contributed by atoms with van der Waals surface area (Å²) in [4.78, 5) is 4.45. The zero-order chi connectivity index (χ0) is 25.9. The molecule has 0 radical (unpaired) electrons. The maximum atomic E-state index is 15.3. The number of hydrogen-bond donors (Lipinski definition) is 1. The Kier molecular flexibility index (Phi) is 5.33. The maximum Gasteiger partial charge on any atom is 0.404 e. The Bertz CT molecular complexity index is 1610. The summed E-state index contributed by atoms with van der Waals surface area (Å²) in [5, 5.41) is 18.7. The number of nitrogens with one attached hydrogen (secondary N) is 1. The summed E-state index contributed by atoms with van der Waals surface area (Å²) in [6, 6.07) is 2.18. The van der Waals surface area contributed by atoms with Crippen molar-refractivity contribution in [2.45, 2.75) is 25.6 Å². The lowest BCUT2D eigenvalue weighted by Crippen LogP contribution is -2.33. The van der Waals surface area contributed by atoms with Gasteiger partial charge >= 0.3 is 6.05 Å². The molecule has 1 aliphatic heterocycles. The average molecular weight is 529 g/mol. The van der Waals surface area contributed by atoms with E-state index < -0.39 is 24.6 Å². The quantitative estimate of drug-likeness (QED) is 0.347. The first-order chi connectivity index (χ1) is 17.8. The number of nitrogens with zero attached hydrogens (tertiary/aromatic N) is 9. The van der Waals surface area contributed by atoms with Gasteiger partial charge in [-0.2, -0.15) is 19.0 Å². The Morgan fingerprint density at radius 3 is 2.76 bits per heavy atom. The first-order valence-corrected chi connectivity index (χ1v) is 11.7. The molecule has 5 aromatic heterocycles. The van der Waals surface area contributed by atoms with Crippen LogP contribution in [0.3, 0.4) is 0 Å². The van der Waals surface area contributed by atoms with Gasteiger partial charge in [0, 0.05) is 43.8 Å². The minimum atomic E-state index is -3.68. The van der Waals surface area contributed by atoms with Crippen LogP contribution in [0.5, 0.6) is 0 Å². The van der Waals surface area contributed by atoms with Crippen LogP contribution >= 0.6 is 11.6 Å². The summed E-state index contributed by atoms with van der Waals surface area (Å²) in [7, 11) is 1.81. The van der Waals surface area contributed by atoms with Crippen molar-refractivity contribution >= 4 is 23.2 Å². The van der Waals surface area contributed by atoms with Gasteiger partial charge < -0.3 is 9.88 Å². The minimum absolute atomic E-state index is 0.0939. The second-order valence-corrected chi connectivity index (χ2v) is 9.15. The highest BCUT2D eigenvalue weighted by Crippen LogP contribution is 2.40. The van der Waals surface area contributed by atoms with Gasteiger partial charge in [-0.15, -0.1) is 10.2 Å². The van der Waals surface area contributed by atoms with Crippen LogP contribution in [0.1, 0.15) is 17.4 Å². The number of anilines is 2. The third-order valence-electron chi connectivity index (χ3n) is 6.38. The van der Waals surface area contributed by atoms with E-state index in [0.29, 0.717) is 16.2 Å². The van der Waals surface area contributed by atoms with E-state index in [1.165, 1.54) is 6.07 Å². The fourth-order valence-electron chi connectivity index (χ4n) is 4.53. The van der Waals surface area contributed by atoms with E-state index >= 15 is 8.78 Å². The van der Waals surface area contributed by atoms with Crippen molar-refractivity contribution in [3.63, 3.8) is 0 Å². The molecule has 0 spiro atoms. The molecular weight excluding hydrogens is 509 g/mol. The van der Waals surface area contributed by atoms with Crippen LogP contribution in [-0.2, 0) is 19.6 Å². The van der Waals surface area contributed by atoms with Crippen molar-refractivity contribution in [3.05, 3.63) is 65.6 Å². The number of halogens is 4. The van der Waals surface area contributed by atoms with Crippen LogP contribution in [0, 0.1) is 6.92 Å². The van der Waals surface area contributed by atoms with Gasteiger partial charge in [0.2, 0.25) is 5.82 Å². The fourth-order valence-corrected chi connectivity index (χ4v) is 4.67. The number of fused-ring (bicyclic) bond motifs is 3. The van der Waals surface area contributed by atoms with Crippen LogP contribution in [0.15, 0.2) is 49.1 Å². The molecule has 0 saturated carbocycles. The molecule has 0 fully saturated rings. The molecule has 1 N–H and O–H groups in total. The van der Waals surface area contributed by atoms with Crippen molar-refractivity contribution in [2.24, 2.45) is 7.05 Å². The van der Waals surface area contributed by atoms with Crippen molar-refractivity contribution in [1.82, 2.24) is 43.9 Å². The van der Waals surface area contributed by atoms with Crippen molar-refractivity contribution < 1.29 is 13.2 Å². The predicted molar refractivity (Wildman–Crippen MR) is 129 cm³/mol. The van der Waals surface area contributed by atoms with E-state index in [-0.39, 0.29) is 17.5 Å². The van der Waals surface area contributed by atoms with Crippen molar-refractivity contribution in [3.8, 4) is 22.6 Å². The number of alkyl halides is 3. The molecule has 37 heavy (non-hydrogen) atoms. The molecule has 0 aliphatic carbocycles. The normalized spacial score (nSPS) is 15.0. The molecule has 0 bridgehead atoms. The molecule has 0 aromatic carbocycles. The molecular formula is C23H20ClF3N10. The molecule has 0 unspecified atom stereocenters. The molecule has 190 valence electrons. The lowest BCUT2D eigenvalue weighted by atomic mass is 10.1. The number of pyridine rings is 1. The van der Waals surface area contributed by atoms with E-state index in [4.69, 9.17) is 11.6 Å². The molecule has 6 heterocycles. The highest BCUT2D eigenvalue weighted by Gasteiger charge is 2.44. The first-order valence-electron chi connectivity index (χ1n) is 11.3. The smallest absolute Gasteiger partial charge is 0.342 e. The first kappa shape index (κ1) is 23.3. The standard InChI is InChI=1S/C23H20ClF3N10/c1-13-10-28-19(30-20-3-5-29-34(20)2)8-16(13)14-7-17-21-31-32-22(23(26,27)36-6-4-18(24)33-36)37(21)15(9-25)12-35(17)11-14/h3-8,10-11,15H,9,12H2,1-2H3,(H,28,30)/t15-/m0/s1. The fraction of sp³-hybridized carbons (Fsp3) is 0.261. The van der Waals surface area contributed by atoms with Gasteiger partial charge in [-0.3, -0.25) is 9.25 Å². The van der Waals surface area contributed by atoms with E-state index in [2.05, 4.69) is 30.7 Å². The summed E-state index contributed by atoms with van der Waals surface area (Å²) in [6.07, 6.45) is 6.32. The second kappa shape index (κ2) is 8.47. The zero-order valence-electron chi connectivity index (χ0n) is 19.6. The Labute approximate surface area is 213 Å². The van der Waals surface area contributed by atoms with Gasteiger partial charge in [-0.1, -0.05) is 11.6 Å². The lowest BCUT2D eigenvalue weighted by molar-refractivity contribution is -0.0615. The van der Waals surface area contributed by atoms with E-state index in [1.54, 1.807) is 17.1 Å². The molecule has 6 rings (SSSR count). The van der Waals surface area contributed by atoms with E-state index in [0.717, 1.165) is 33.3 Å². The predicted octanol–water partition coefficient (Wildman–Crippen LogP) is 4.57. The Balaban J connectivity index is 1.41. The molecule has 0 amide bonds. The Morgan fingerprint density at radius 1 is 1.22 bits per heavy atom. The number of hydrogen-bond acceptors (Lipinski definition) is 6. The molecule has 1 atom stereocenters. The topological polar surface area (TPSA) is 96.2 Å². The van der Waals surface area contributed by atoms with E-state index in [9.17, 15) is 4.39 Å². The van der Waals surface area contributed by atoms with Gasteiger partial charge in [0.25, 0.3) is 0 Å². The summed E-state index contributed by atoms with van der Waals surface area (Å²) >= 11 is 5.74. The summed E-state index contributed by atoms with van der Waals surface area (Å²) in [5.41, 5.74) is 3.14. The van der Waals surface area contributed by atoms with Gasteiger partial charge in [-0.05, 0) is 36.2 Å². The van der Waals surface area contributed by atoms with Crippen molar-refractivity contribution in [2.75, 3.05) is 12.0 Å². The SMILES string of the molecule is Cc1cnc(Nc2ccnn2C)cc1-c1cc2n(c1)C[C@H](CF)n1c-2nnc1C(F)(F)n1ccc(Cl)n1. The van der Waals surface area contributed by atoms with Crippen LogP contribution < -0.4 is 5.32 Å². The monoisotopic (exact) mass is 528 g/mol. The van der Waals surface area contributed by atoms with Crippen LogP contribution in [-0.4, -0.2) is 50.6 Å². The third kappa shape index (κ3) is 3.77. The number of aryl methyl sites for hydroxylation is 2. The Hall–Kier alpha value is -4.13. The summed E-state index contributed by atoms with van der Waals surface area (Å²) < 4.78 is 49.9. The zero-order valence-corrected chi connectivity index (χ0v) is 20.4. The number of aromatic nitrogens is 9. The minimum Gasteiger partial charge on any atom is -0.342 e. The van der Waals surface area contributed by atoms with E-state index in [1.807, 2.05) is 42.9 Å². The molecule has 10 nitrogen and oxygen atoms in total. The van der Waals surface area contributed by atoms with Gasteiger partial charge in [0.15, 0.2) is 11.0 Å². The van der Waals surface area contributed by atoms with Gasteiger partial charge in [0.1, 0.15) is 18.3 Å². The highest BCUT2D eigenvalue weighted by atomic mass is 35.5. The van der Waals surface area contributed by atoms with Crippen LogP contribution in [0.25, 0.3) is 22.6 Å². The molecule has 1 aliphatic rings. The van der Waals surface area contributed by atoms with Crippen molar-refractivity contribution in [1.29, 1.82) is 0 Å². The number of rotatable bonds is 6. The average Bonchev–Trinajstić information content (AvgIpc) is 3.66. The summed E-state index contributed by atoms with van der Waals surface area (Å²) in [6.45, 7) is 1.17. The lowest BCUT2D eigenvalue weighted by Gasteiger charge is -2.27. The van der Waals surface area contributed by atoms with Crippen LogP contribution in [0.2, 0.25) is 5.15 Å².